The summed E-state index contributed by atoms with van der Waals surface area (Å²) in [4.78, 5) is 6.20. The van der Waals surface area contributed by atoms with E-state index in [1.807, 2.05) is 0 Å². The van der Waals surface area contributed by atoms with Crippen LogP contribution < -0.4 is 4.80 Å². The Balaban J connectivity index is 1.47. The minimum atomic E-state index is 0.0653. The Morgan fingerprint density at radius 3 is 2.12 bits per heavy atom. The molecule has 0 atom stereocenters. The summed E-state index contributed by atoms with van der Waals surface area (Å²) in [6.45, 7) is 1.56. The SMILES string of the molecule is c1ccc(C/N=c2\scc(C3(c4ccc5ccccc5c4)CCC3)n2Cc2ccccc2)cc1. The minimum Gasteiger partial charge on any atom is -0.316 e. The largest absolute Gasteiger partial charge is 0.316 e. The summed E-state index contributed by atoms with van der Waals surface area (Å²) in [6, 6.07) is 37.1. The fraction of sp³-hybridized carbons (Fsp3) is 0.194. The van der Waals surface area contributed by atoms with E-state index in [0.29, 0.717) is 6.54 Å². The lowest BCUT2D eigenvalue weighted by Gasteiger charge is -2.43. The third-order valence-corrected chi connectivity index (χ3v) is 8.12. The first-order valence-corrected chi connectivity index (χ1v) is 13.0. The second kappa shape index (κ2) is 9.08. The lowest BCUT2D eigenvalue weighted by Crippen LogP contribution is -2.39. The summed E-state index contributed by atoms with van der Waals surface area (Å²) in [5, 5.41) is 5.01. The molecular formula is C31H28N2S. The Kier molecular flexibility index (Phi) is 5.64. The third-order valence-electron chi connectivity index (χ3n) is 7.22. The number of thiazole rings is 1. The summed E-state index contributed by atoms with van der Waals surface area (Å²) in [7, 11) is 0. The summed E-state index contributed by atoms with van der Waals surface area (Å²) in [5.41, 5.74) is 5.48. The van der Waals surface area contributed by atoms with Crippen molar-refractivity contribution in [3.05, 3.63) is 136 Å². The second-order valence-corrected chi connectivity index (χ2v) is 10.1. The van der Waals surface area contributed by atoms with E-state index < -0.39 is 0 Å². The number of rotatable bonds is 6. The molecule has 1 fully saturated rings. The molecule has 1 aromatic heterocycles. The molecule has 34 heavy (non-hydrogen) atoms. The van der Waals surface area contributed by atoms with Gasteiger partial charge in [-0.05, 0) is 40.3 Å². The average molecular weight is 461 g/mol. The van der Waals surface area contributed by atoms with Gasteiger partial charge in [-0.15, -0.1) is 11.3 Å². The fourth-order valence-electron chi connectivity index (χ4n) is 5.20. The zero-order chi connectivity index (χ0) is 22.8. The molecule has 6 rings (SSSR count). The van der Waals surface area contributed by atoms with E-state index in [1.165, 1.54) is 52.4 Å². The zero-order valence-electron chi connectivity index (χ0n) is 19.2. The van der Waals surface area contributed by atoms with Gasteiger partial charge in [-0.25, -0.2) is 0 Å². The molecule has 168 valence electrons. The predicted octanol–water partition coefficient (Wildman–Crippen LogP) is 7.32. The summed E-state index contributed by atoms with van der Waals surface area (Å²) < 4.78 is 2.48. The Labute approximate surface area is 204 Å². The third kappa shape index (κ3) is 3.91. The molecule has 1 aliphatic rings. The van der Waals surface area contributed by atoms with Gasteiger partial charge in [-0.2, -0.15) is 0 Å². The van der Waals surface area contributed by atoms with Gasteiger partial charge in [0.2, 0.25) is 0 Å². The van der Waals surface area contributed by atoms with Crippen LogP contribution in [0.3, 0.4) is 0 Å². The monoisotopic (exact) mass is 460 g/mol. The van der Waals surface area contributed by atoms with E-state index >= 15 is 0 Å². The number of hydrogen-bond acceptors (Lipinski definition) is 2. The molecule has 0 radical (unpaired) electrons. The van der Waals surface area contributed by atoms with E-state index in [2.05, 4.69) is 113 Å². The van der Waals surface area contributed by atoms with Gasteiger partial charge in [0.05, 0.1) is 13.1 Å². The number of aromatic nitrogens is 1. The van der Waals surface area contributed by atoms with Crippen LogP contribution in [0.25, 0.3) is 10.8 Å². The van der Waals surface area contributed by atoms with Crippen LogP contribution >= 0.6 is 11.3 Å². The van der Waals surface area contributed by atoms with E-state index in [4.69, 9.17) is 4.99 Å². The van der Waals surface area contributed by atoms with Gasteiger partial charge in [0.1, 0.15) is 0 Å². The van der Waals surface area contributed by atoms with Crippen molar-refractivity contribution < 1.29 is 0 Å². The predicted molar refractivity (Wildman–Crippen MR) is 142 cm³/mol. The van der Waals surface area contributed by atoms with Crippen molar-refractivity contribution >= 4 is 22.1 Å². The van der Waals surface area contributed by atoms with Crippen LogP contribution in [0.2, 0.25) is 0 Å². The molecule has 0 unspecified atom stereocenters. The maximum absolute atomic E-state index is 5.09. The average Bonchev–Trinajstić information content (AvgIpc) is 3.25. The van der Waals surface area contributed by atoms with Gasteiger partial charge in [-0.1, -0.05) is 110 Å². The van der Waals surface area contributed by atoms with Crippen LogP contribution in [-0.2, 0) is 18.5 Å². The smallest absolute Gasteiger partial charge is 0.185 e. The molecule has 0 N–H and O–H groups in total. The highest BCUT2D eigenvalue weighted by atomic mass is 32.1. The fourth-order valence-corrected chi connectivity index (χ4v) is 6.20. The molecule has 0 amide bonds. The Bertz CT molecular complexity index is 1470. The maximum Gasteiger partial charge on any atom is 0.185 e. The number of hydrogen-bond donors (Lipinski definition) is 0. The molecule has 0 aliphatic heterocycles. The Morgan fingerprint density at radius 1 is 0.735 bits per heavy atom. The lowest BCUT2D eigenvalue weighted by atomic mass is 9.62. The molecule has 0 bridgehead atoms. The van der Waals surface area contributed by atoms with Crippen molar-refractivity contribution in [3.8, 4) is 0 Å². The first-order valence-electron chi connectivity index (χ1n) is 12.1. The van der Waals surface area contributed by atoms with E-state index in [9.17, 15) is 0 Å². The van der Waals surface area contributed by atoms with Crippen LogP contribution in [0.1, 0.15) is 41.6 Å². The van der Waals surface area contributed by atoms with Crippen molar-refractivity contribution in [3.63, 3.8) is 0 Å². The number of benzene rings is 4. The molecule has 0 spiro atoms. The van der Waals surface area contributed by atoms with Crippen LogP contribution in [0.4, 0.5) is 0 Å². The van der Waals surface area contributed by atoms with Crippen molar-refractivity contribution in [2.75, 3.05) is 0 Å². The highest BCUT2D eigenvalue weighted by molar-refractivity contribution is 7.07. The Morgan fingerprint density at radius 2 is 1.41 bits per heavy atom. The first kappa shape index (κ1) is 21.1. The van der Waals surface area contributed by atoms with E-state index in [-0.39, 0.29) is 5.41 Å². The van der Waals surface area contributed by atoms with Gasteiger partial charge in [0.15, 0.2) is 4.80 Å². The lowest BCUT2D eigenvalue weighted by molar-refractivity contribution is 0.284. The van der Waals surface area contributed by atoms with Gasteiger partial charge < -0.3 is 4.57 Å². The highest BCUT2D eigenvalue weighted by Gasteiger charge is 2.43. The normalized spacial score (nSPS) is 15.4. The van der Waals surface area contributed by atoms with Crippen LogP contribution in [0.15, 0.2) is 114 Å². The van der Waals surface area contributed by atoms with Gasteiger partial charge >= 0.3 is 0 Å². The molecule has 2 nitrogen and oxygen atoms in total. The van der Waals surface area contributed by atoms with Crippen LogP contribution in [-0.4, -0.2) is 4.57 Å². The molecule has 5 aromatic rings. The topological polar surface area (TPSA) is 17.3 Å². The highest BCUT2D eigenvalue weighted by Crippen LogP contribution is 2.49. The molecule has 1 heterocycles. The maximum atomic E-state index is 5.09. The second-order valence-electron chi connectivity index (χ2n) is 9.27. The molecule has 1 saturated carbocycles. The van der Waals surface area contributed by atoms with Crippen molar-refractivity contribution in [1.82, 2.24) is 4.57 Å². The van der Waals surface area contributed by atoms with Gasteiger partial charge in [0.25, 0.3) is 0 Å². The number of fused-ring (bicyclic) bond motifs is 1. The van der Waals surface area contributed by atoms with Crippen molar-refractivity contribution in [2.45, 2.75) is 37.8 Å². The van der Waals surface area contributed by atoms with E-state index in [0.717, 1.165) is 11.3 Å². The van der Waals surface area contributed by atoms with Gasteiger partial charge in [0, 0.05) is 16.5 Å². The molecule has 4 aromatic carbocycles. The molecule has 1 aliphatic carbocycles. The molecule has 3 heteroatoms. The van der Waals surface area contributed by atoms with Gasteiger partial charge in [-0.3, -0.25) is 4.99 Å². The van der Waals surface area contributed by atoms with Crippen LogP contribution in [0, 0.1) is 0 Å². The summed E-state index contributed by atoms with van der Waals surface area (Å²) in [5.74, 6) is 0. The standard InChI is InChI=1S/C31H28N2S/c1-3-10-24(11-4-1)21-32-30-33(22-25-12-5-2-6-13-25)29(23-34-30)31(18-9-19-31)28-17-16-26-14-7-8-15-27(26)20-28/h1-8,10-17,20,23H,9,18-19,21-22H2/b32-30-. The Hall–Kier alpha value is -3.43. The zero-order valence-corrected chi connectivity index (χ0v) is 20.0. The van der Waals surface area contributed by atoms with E-state index in [1.54, 1.807) is 11.3 Å². The number of nitrogens with zero attached hydrogens (tertiary/aromatic N) is 2. The molecule has 0 saturated heterocycles. The van der Waals surface area contributed by atoms with Crippen LogP contribution in [0.5, 0.6) is 0 Å². The summed E-state index contributed by atoms with van der Waals surface area (Å²) >= 11 is 1.79. The van der Waals surface area contributed by atoms with Crippen molar-refractivity contribution in [1.29, 1.82) is 0 Å². The quantitative estimate of drug-likeness (QED) is 0.253. The first-order chi connectivity index (χ1) is 16.8. The minimum absolute atomic E-state index is 0.0653. The summed E-state index contributed by atoms with van der Waals surface area (Å²) in [6.07, 6.45) is 3.65. The molecular weight excluding hydrogens is 432 g/mol. The van der Waals surface area contributed by atoms with Crippen molar-refractivity contribution in [2.24, 2.45) is 4.99 Å².